The average Bonchev–Trinajstić information content (AvgIpc) is 2.68. The summed E-state index contributed by atoms with van der Waals surface area (Å²) in [6.07, 6.45) is 2.93. The number of hydrogen-bond acceptors (Lipinski definition) is 7. The third kappa shape index (κ3) is 5.51. The van der Waals surface area contributed by atoms with Gasteiger partial charge in [0.05, 0.1) is 20.1 Å². The highest BCUT2D eigenvalue weighted by Crippen LogP contribution is 2.28. The molecule has 0 saturated heterocycles. The van der Waals surface area contributed by atoms with Crippen LogP contribution in [-0.4, -0.2) is 41.3 Å². The molecule has 0 saturated carbocycles. The summed E-state index contributed by atoms with van der Waals surface area (Å²) in [5, 5.41) is 28.7. The lowest BCUT2D eigenvalue weighted by Crippen LogP contribution is -2.21. The zero-order chi connectivity index (χ0) is 20.7. The lowest BCUT2D eigenvalue weighted by atomic mass is 9.93. The van der Waals surface area contributed by atoms with E-state index >= 15 is 0 Å². The summed E-state index contributed by atoms with van der Waals surface area (Å²) in [6.45, 7) is 0. The number of ketones is 1. The number of hydrogen-bond donors (Lipinski definition) is 3. The van der Waals surface area contributed by atoms with Gasteiger partial charge >= 0.3 is 5.97 Å². The van der Waals surface area contributed by atoms with Gasteiger partial charge in [0.25, 0.3) is 0 Å². The van der Waals surface area contributed by atoms with Gasteiger partial charge < -0.3 is 24.8 Å². The quantitative estimate of drug-likeness (QED) is 0.363. The third-order valence-electron chi connectivity index (χ3n) is 4.17. The van der Waals surface area contributed by atoms with Crippen molar-refractivity contribution in [2.75, 3.05) is 14.2 Å². The normalized spacial score (nSPS) is 11.9. The Morgan fingerprint density at radius 1 is 1.00 bits per heavy atom. The van der Waals surface area contributed by atoms with Crippen LogP contribution in [-0.2, 0) is 20.7 Å². The van der Waals surface area contributed by atoms with Gasteiger partial charge in [0.1, 0.15) is 0 Å². The van der Waals surface area contributed by atoms with E-state index in [4.69, 9.17) is 9.47 Å². The van der Waals surface area contributed by atoms with Crippen molar-refractivity contribution in [1.82, 2.24) is 0 Å². The van der Waals surface area contributed by atoms with Crippen molar-refractivity contribution < 1.29 is 34.4 Å². The van der Waals surface area contributed by atoms with Crippen molar-refractivity contribution >= 4 is 17.8 Å². The van der Waals surface area contributed by atoms with Crippen molar-refractivity contribution in [3.63, 3.8) is 0 Å². The van der Waals surface area contributed by atoms with Gasteiger partial charge in [-0.25, -0.2) is 0 Å². The van der Waals surface area contributed by atoms with E-state index in [1.165, 1.54) is 44.6 Å². The molecule has 148 valence electrons. The Morgan fingerprint density at radius 3 is 2.36 bits per heavy atom. The maximum atomic E-state index is 12.3. The summed E-state index contributed by atoms with van der Waals surface area (Å²) in [5.41, 5.74) is 1.19. The summed E-state index contributed by atoms with van der Waals surface area (Å²) in [4.78, 5) is 24.3. The second-order valence-electron chi connectivity index (χ2n) is 6.18. The first-order valence-corrected chi connectivity index (χ1v) is 8.50. The molecule has 0 amide bonds. The summed E-state index contributed by atoms with van der Waals surface area (Å²) in [6, 6.07) is 8.93. The number of esters is 1. The molecule has 0 fully saturated rings. The fourth-order valence-electron chi connectivity index (χ4n) is 2.70. The topological polar surface area (TPSA) is 113 Å². The van der Waals surface area contributed by atoms with Crippen LogP contribution in [0.1, 0.15) is 17.5 Å². The van der Waals surface area contributed by atoms with E-state index in [2.05, 4.69) is 0 Å². The molecular formula is C21H22O7. The van der Waals surface area contributed by atoms with Crippen molar-refractivity contribution in [3.8, 4) is 23.0 Å². The number of carbonyl (C=O) groups excluding carboxylic acids is 2. The number of carbonyl (C=O) groups is 2. The largest absolute Gasteiger partial charge is 0.504 e. The van der Waals surface area contributed by atoms with Crippen molar-refractivity contribution in [3.05, 3.63) is 53.6 Å². The molecule has 0 aliphatic heterocycles. The van der Waals surface area contributed by atoms with E-state index < -0.39 is 11.9 Å². The number of aromatic hydroxyl groups is 3. The number of methoxy groups -OCH3 is 2. The molecule has 0 spiro atoms. The second kappa shape index (κ2) is 9.45. The Labute approximate surface area is 162 Å². The first kappa shape index (κ1) is 20.8. The fourth-order valence-corrected chi connectivity index (χ4v) is 2.70. The molecular weight excluding hydrogens is 364 g/mol. The van der Waals surface area contributed by atoms with Crippen LogP contribution in [0, 0.1) is 5.92 Å². The van der Waals surface area contributed by atoms with Gasteiger partial charge in [-0.2, -0.15) is 0 Å². The van der Waals surface area contributed by atoms with Crippen LogP contribution in [0.3, 0.4) is 0 Å². The molecule has 1 atom stereocenters. The van der Waals surface area contributed by atoms with Crippen molar-refractivity contribution in [2.45, 2.75) is 12.8 Å². The Balaban J connectivity index is 2.08. The molecule has 0 unspecified atom stereocenters. The molecule has 0 heterocycles. The van der Waals surface area contributed by atoms with Gasteiger partial charge in [0.2, 0.25) is 0 Å². The Bertz CT molecular complexity index is 886. The van der Waals surface area contributed by atoms with Crippen molar-refractivity contribution in [1.29, 1.82) is 0 Å². The van der Waals surface area contributed by atoms with Crippen LogP contribution >= 0.6 is 0 Å². The Kier molecular flexibility index (Phi) is 7.03. The van der Waals surface area contributed by atoms with E-state index in [9.17, 15) is 24.9 Å². The molecule has 0 aliphatic rings. The minimum absolute atomic E-state index is 0.0447. The maximum absolute atomic E-state index is 12.3. The zero-order valence-corrected chi connectivity index (χ0v) is 15.6. The first-order chi connectivity index (χ1) is 13.3. The van der Waals surface area contributed by atoms with Crippen LogP contribution in [0.2, 0.25) is 0 Å². The van der Waals surface area contributed by atoms with Gasteiger partial charge in [-0.15, -0.1) is 0 Å². The van der Waals surface area contributed by atoms with Crippen LogP contribution in [0.5, 0.6) is 23.0 Å². The first-order valence-electron chi connectivity index (χ1n) is 8.50. The van der Waals surface area contributed by atoms with Gasteiger partial charge in [0, 0.05) is 6.42 Å². The minimum Gasteiger partial charge on any atom is -0.504 e. The number of phenols is 3. The number of benzene rings is 2. The summed E-state index contributed by atoms with van der Waals surface area (Å²) in [5.74, 6) is -1.87. The fraction of sp³-hybridized carbons (Fsp3) is 0.238. The van der Waals surface area contributed by atoms with E-state index in [0.29, 0.717) is 16.9 Å². The number of phenolic OH excluding ortho intramolecular Hbond substituents is 3. The predicted molar refractivity (Wildman–Crippen MR) is 102 cm³/mol. The third-order valence-corrected chi connectivity index (χ3v) is 4.17. The molecule has 2 aromatic carbocycles. The lowest BCUT2D eigenvalue weighted by Gasteiger charge is -2.13. The average molecular weight is 386 g/mol. The number of allylic oxidation sites excluding steroid dienone is 1. The maximum Gasteiger partial charge on any atom is 0.309 e. The molecule has 7 nitrogen and oxygen atoms in total. The molecule has 2 aromatic rings. The number of rotatable bonds is 8. The van der Waals surface area contributed by atoms with Gasteiger partial charge in [-0.3, -0.25) is 9.59 Å². The van der Waals surface area contributed by atoms with Gasteiger partial charge in [0.15, 0.2) is 28.8 Å². The molecule has 7 heteroatoms. The second-order valence-corrected chi connectivity index (χ2v) is 6.18. The smallest absolute Gasteiger partial charge is 0.309 e. The van der Waals surface area contributed by atoms with E-state index in [1.807, 2.05) is 0 Å². The Hall–Kier alpha value is -3.48. The summed E-state index contributed by atoms with van der Waals surface area (Å²) in [7, 11) is 2.68. The minimum atomic E-state index is -0.740. The van der Waals surface area contributed by atoms with Crippen LogP contribution < -0.4 is 4.74 Å². The summed E-state index contributed by atoms with van der Waals surface area (Å²) < 4.78 is 9.73. The Morgan fingerprint density at radius 2 is 1.75 bits per heavy atom. The predicted octanol–water partition coefficient (Wildman–Crippen LogP) is 2.82. The molecule has 0 aliphatic carbocycles. The van der Waals surface area contributed by atoms with E-state index in [-0.39, 0.29) is 35.9 Å². The van der Waals surface area contributed by atoms with Crippen LogP contribution in [0.25, 0.3) is 6.08 Å². The van der Waals surface area contributed by atoms with E-state index in [1.54, 1.807) is 18.2 Å². The van der Waals surface area contributed by atoms with E-state index in [0.717, 1.165) is 0 Å². The highest BCUT2D eigenvalue weighted by atomic mass is 16.5. The highest BCUT2D eigenvalue weighted by Gasteiger charge is 2.22. The highest BCUT2D eigenvalue weighted by molar-refractivity contribution is 5.96. The molecule has 0 radical (unpaired) electrons. The van der Waals surface area contributed by atoms with Gasteiger partial charge in [-0.05, 0) is 47.9 Å². The molecule has 0 aromatic heterocycles. The number of ether oxygens (including phenoxy) is 2. The monoisotopic (exact) mass is 386 g/mol. The molecule has 28 heavy (non-hydrogen) atoms. The zero-order valence-electron chi connectivity index (χ0n) is 15.6. The lowest BCUT2D eigenvalue weighted by molar-refractivity contribution is -0.146. The molecule has 0 bridgehead atoms. The van der Waals surface area contributed by atoms with Crippen molar-refractivity contribution in [2.24, 2.45) is 5.92 Å². The standard InChI is InChI=1S/C21H22O7/c1-27-20-8-5-13(10-19(20)25)3-6-16(22)12-15(21(26)28-2)9-14-4-7-17(23)18(24)11-14/h3-8,10-11,15,23-25H,9,12H2,1-2H3/t15-/m0/s1. The molecule has 2 rings (SSSR count). The SMILES string of the molecule is COC(=O)[C@H](CC(=O)C=Cc1ccc(OC)c(O)c1)Cc1ccc(O)c(O)c1. The summed E-state index contributed by atoms with van der Waals surface area (Å²) >= 11 is 0. The molecule has 3 N–H and O–H groups in total. The van der Waals surface area contributed by atoms with Gasteiger partial charge in [-0.1, -0.05) is 18.2 Å². The van der Waals surface area contributed by atoms with Crippen LogP contribution in [0.4, 0.5) is 0 Å². The van der Waals surface area contributed by atoms with Crippen LogP contribution in [0.15, 0.2) is 42.5 Å².